The maximum absolute atomic E-state index is 12.5. The molecule has 5 aromatic rings. The van der Waals surface area contributed by atoms with Gasteiger partial charge in [0.05, 0.1) is 21.6 Å². The van der Waals surface area contributed by atoms with Crippen LogP contribution >= 0.6 is 11.3 Å². The molecule has 0 fully saturated rings. The highest BCUT2D eigenvalue weighted by Crippen LogP contribution is 2.33. The van der Waals surface area contributed by atoms with Crippen LogP contribution in [0.5, 0.6) is 0 Å². The van der Waals surface area contributed by atoms with E-state index in [0.29, 0.717) is 5.13 Å². The fraction of sp³-hybridized carbons (Fsp3) is 0. The van der Waals surface area contributed by atoms with Crippen molar-refractivity contribution in [1.29, 1.82) is 0 Å². The summed E-state index contributed by atoms with van der Waals surface area (Å²) in [6.45, 7) is 0. The second-order valence-corrected chi connectivity index (χ2v) is 9.19. The molecule has 0 saturated carbocycles. The van der Waals surface area contributed by atoms with E-state index in [-0.39, 0.29) is 4.90 Å². The average Bonchev–Trinajstić information content (AvgIpc) is 3.26. The number of aromatic nitrogens is 2. The number of para-hydroxylation sites is 2. The summed E-state index contributed by atoms with van der Waals surface area (Å²) in [5.74, 6) is 0. The van der Waals surface area contributed by atoms with Crippen molar-refractivity contribution in [2.45, 2.75) is 4.90 Å². The first-order chi connectivity index (χ1) is 14.6. The summed E-state index contributed by atoms with van der Waals surface area (Å²) in [5, 5.41) is 7.50. The topological polar surface area (TPSA) is 84.0 Å². The van der Waals surface area contributed by atoms with Gasteiger partial charge in [-0.25, -0.2) is 18.4 Å². The zero-order chi connectivity index (χ0) is 20.6. The van der Waals surface area contributed by atoms with E-state index < -0.39 is 10.0 Å². The van der Waals surface area contributed by atoms with Crippen LogP contribution in [0.2, 0.25) is 0 Å². The molecular formula is C22H16N4O2S2. The van der Waals surface area contributed by atoms with Gasteiger partial charge in [0.2, 0.25) is 0 Å². The summed E-state index contributed by atoms with van der Waals surface area (Å²) in [4.78, 5) is 8.87. The van der Waals surface area contributed by atoms with E-state index >= 15 is 0 Å². The Balaban J connectivity index is 1.51. The van der Waals surface area contributed by atoms with Crippen molar-refractivity contribution < 1.29 is 8.42 Å². The highest BCUT2D eigenvalue weighted by Gasteiger charge is 2.16. The van der Waals surface area contributed by atoms with Crippen LogP contribution < -0.4 is 10.0 Å². The van der Waals surface area contributed by atoms with Gasteiger partial charge in [0, 0.05) is 28.0 Å². The lowest BCUT2D eigenvalue weighted by atomic mass is 10.1. The first kappa shape index (κ1) is 18.5. The molecule has 0 unspecified atom stereocenters. The van der Waals surface area contributed by atoms with Crippen molar-refractivity contribution in [3.05, 3.63) is 84.4 Å². The second kappa shape index (κ2) is 7.40. The Morgan fingerprint density at radius 3 is 2.03 bits per heavy atom. The average molecular weight is 433 g/mol. The largest absolute Gasteiger partial charge is 0.354 e. The van der Waals surface area contributed by atoms with Crippen molar-refractivity contribution >= 4 is 59.7 Å². The van der Waals surface area contributed by atoms with Gasteiger partial charge in [-0.1, -0.05) is 36.4 Å². The van der Waals surface area contributed by atoms with Crippen LogP contribution in [0.15, 0.2) is 89.3 Å². The SMILES string of the molecule is O=S(=O)(Nc1nccs1)c1ccc(Nc2c3ccccc3nc3ccccc23)cc1. The van der Waals surface area contributed by atoms with Gasteiger partial charge >= 0.3 is 0 Å². The Labute approximate surface area is 177 Å². The van der Waals surface area contributed by atoms with Crippen LogP contribution in [0.25, 0.3) is 21.8 Å². The molecule has 0 radical (unpaired) electrons. The molecule has 148 valence electrons. The quantitative estimate of drug-likeness (QED) is 0.364. The van der Waals surface area contributed by atoms with Crippen LogP contribution in [0.1, 0.15) is 0 Å². The fourth-order valence-electron chi connectivity index (χ4n) is 3.28. The third kappa shape index (κ3) is 3.47. The van der Waals surface area contributed by atoms with Crippen molar-refractivity contribution in [3.63, 3.8) is 0 Å². The molecule has 3 aromatic carbocycles. The van der Waals surface area contributed by atoms with Gasteiger partial charge < -0.3 is 5.32 Å². The molecule has 0 aliphatic rings. The van der Waals surface area contributed by atoms with Crippen LogP contribution in [-0.2, 0) is 10.0 Å². The van der Waals surface area contributed by atoms with E-state index in [1.54, 1.807) is 35.8 Å². The van der Waals surface area contributed by atoms with Gasteiger partial charge in [-0.3, -0.25) is 4.72 Å². The standard InChI is InChI=1S/C22H16N4O2S2/c27-30(28,26-22-23-13-14-29-22)16-11-9-15(10-12-16)24-21-17-5-1-3-7-19(17)25-20-8-4-2-6-18(20)21/h1-14H,(H,23,26)(H,24,25). The van der Waals surface area contributed by atoms with Crippen LogP contribution in [0.3, 0.4) is 0 Å². The highest BCUT2D eigenvalue weighted by atomic mass is 32.2. The molecule has 5 rings (SSSR count). The monoisotopic (exact) mass is 432 g/mol. The molecule has 0 amide bonds. The molecule has 0 saturated heterocycles. The fourth-order valence-corrected chi connectivity index (χ4v) is 5.07. The lowest BCUT2D eigenvalue weighted by molar-refractivity contribution is 0.601. The normalized spacial score (nSPS) is 11.6. The van der Waals surface area contributed by atoms with Gasteiger partial charge in [-0.05, 0) is 36.4 Å². The Morgan fingerprint density at radius 1 is 0.800 bits per heavy atom. The van der Waals surface area contributed by atoms with Gasteiger partial charge in [-0.15, -0.1) is 11.3 Å². The minimum absolute atomic E-state index is 0.174. The van der Waals surface area contributed by atoms with Crippen LogP contribution in [0, 0.1) is 0 Å². The molecule has 2 aromatic heterocycles. The molecule has 0 bridgehead atoms. The zero-order valence-corrected chi connectivity index (χ0v) is 17.2. The van der Waals surface area contributed by atoms with Crippen molar-refractivity contribution in [2.75, 3.05) is 10.0 Å². The molecule has 8 heteroatoms. The van der Waals surface area contributed by atoms with E-state index in [9.17, 15) is 8.42 Å². The maximum atomic E-state index is 12.5. The summed E-state index contributed by atoms with van der Waals surface area (Å²) in [6.07, 6.45) is 1.55. The number of hydrogen-bond acceptors (Lipinski definition) is 6. The molecule has 0 spiro atoms. The summed E-state index contributed by atoms with van der Waals surface area (Å²) < 4.78 is 27.6. The molecule has 2 N–H and O–H groups in total. The minimum Gasteiger partial charge on any atom is -0.354 e. The number of pyridine rings is 1. The predicted octanol–water partition coefficient (Wildman–Crippen LogP) is 5.39. The smallest absolute Gasteiger partial charge is 0.263 e. The Bertz CT molecular complexity index is 1390. The van der Waals surface area contributed by atoms with Gasteiger partial charge in [0.15, 0.2) is 5.13 Å². The number of benzene rings is 3. The van der Waals surface area contributed by atoms with Crippen molar-refractivity contribution in [1.82, 2.24) is 9.97 Å². The van der Waals surface area contributed by atoms with Gasteiger partial charge in [-0.2, -0.15) is 0 Å². The van der Waals surface area contributed by atoms with Crippen molar-refractivity contribution in [3.8, 4) is 0 Å². The number of sulfonamides is 1. The molecule has 0 aliphatic carbocycles. The molecular weight excluding hydrogens is 416 g/mol. The number of fused-ring (bicyclic) bond motifs is 2. The summed E-state index contributed by atoms with van der Waals surface area (Å²) in [6, 6.07) is 22.5. The number of nitrogens with zero attached hydrogens (tertiary/aromatic N) is 2. The maximum Gasteiger partial charge on any atom is 0.263 e. The van der Waals surface area contributed by atoms with Gasteiger partial charge in [0.25, 0.3) is 10.0 Å². The molecule has 0 atom stereocenters. The Morgan fingerprint density at radius 2 is 1.43 bits per heavy atom. The number of hydrogen-bond donors (Lipinski definition) is 2. The van der Waals surface area contributed by atoms with E-state index in [2.05, 4.69) is 15.0 Å². The first-order valence-corrected chi connectivity index (χ1v) is 11.5. The molecule has 30 heavy (non-hydrogen) atoms. The number of nitrogens with one attached hydrogen (secondary N) is 2. The number of rotatable bonds is 5. The van der Waals surface area contributed by atoms with Crippen molar-refractivity contribution in [2.24, 2.45) is 0 Å². The minimum atomic E-state index is -3.68. The number of anilines is 3. The number of thiazole rings is 1. The molecule has 0 aliphatic heterocycles. The van der Waals surface area contributed by atoms with E-state index in [1.165, 1.54) is 11.3 Å². The van der Waals surface area contributed by atoms with Gasteiger partial charge in [0.1, 0.15) is 0 Å². The lowest BCUT2D eigenvalue weighted by Gasteiger charge is -2.14. The third-order valence-electron chi connectivity index (χ3n) is 4.68. The van der Waals surface area contributed by atoms with E-state index in [4.69, 9.17) is 4.98 Å². The second-order valence-electron chi connectivity index (χ2n) is 6.61. The predicted molar refractivity (Wildman–Crippen MR) is 122 cm³/mol. The Hall–Kier alpha value is -3.49. The molecule has 2 heterocycles. The summed E-state index contributed by atoms with van der Waals surface area (Å²) >= 11 is 1.23. The summed E-state index contributed by atoms with van der Waals surface area (Å²) in [5.41, 5.74) is 3.51. The molecule has 6 nitrogen and oxygen atoms in total. The van der Waals surface area contributed by atoms with Crippen LogP contribution in [0.4, 0.5) is 16.5 Å². The Kier molecular flexibility index (Phi) is 4.57. The first-order valence-electron chi connectivity index (χ1n) is 9.17. The lowest BCUT2D eigenvalue weighted by Crippen LogP contribution is -2.12. The van der Waals surface area contributed by atoms with E-state index in [1.807, 2.05) is 48.5 Å². The van der Waals surface area contributed by atoms with E-state index in [0.717, 1.165) is 33.2 Å². The zero-order valence-electron chi connectivity index (χ0n) is 15.6. The van der Waals surface area contributed by atoms with Crippen LogP contribution in [-0.4, -0.2) is 18.4 Å². The highest BCUT2D eigenvalue weighted by molar-refractivity contribution is 7.93. The third-order valence-corrected chi connectivity index (χ3v) is 6.85. The summed E-state index contributed by atoms with van der Waals surface area (Å²) in [7, 11) is -3.68.